The molecule has 168 valence electrons. The lowest BCUT2D eigenvalue weighted by Gasteiger charge is -2.17. The van der Waals surface area contributed by atoms with Crippen LogP contribution >= 0.6 is 0 Å². The Balaban J connectivity index is 1.76. The molecule has 0 fully saturated rings. The minimum Gasteiger partial charge on any atom is -0.348 e. The Bertz CT molecular complexity index is 1400. The second-order valence-electron chi connectivity index (χ2n) is 8.47. The van der Waals surface area contributed by atoms with Gasteiger partial charge in [-0.15, -0.1) is 0 Å². The van der Waals surface area contributed by atoms with E-state index in [0.717, 1.165) is 15.7 Å². The minimum atomic E-state index is -0.543. The van der Waals surface area contributed by atoms with Gasteiger partial charge in [0.2, 0.25) is 5.91 Å². The lowest BCUT2D eigenvalue weighted by atomic mass is 10.0. The molecule has 1 amide bonds. The fraction of sp³-hybridized carbons (Fsp3) is 0.222. The van der Waals surface area contributed by atoms with Gasteiger partial charge in [-0.3, -0.25) is 14.2 Å². The number of rotatable bonds is 6. The van der Waals surface area contributed by atoms with E-state index in [2.05, 4.69) is 19.2 Å². The maximum atomic E-state index is 13.5. The molecule has 33 heavy (non-hydrogen) atoms. The van der Waals surface area contributed by atoms with Gasteiger partial charge in [0, 0.05) is 0 Å². The molecule has 0 unspecified atom stereocenters. The summed E-state index contributed by atoms with van der Waals surface area (Å²) in [6.07, 6.45) is 0. The van der Waals surface area contributed by atoms with Crippen LogP contribution in [0.5, 0.6) is 0 Å². The summed E-state index contributed by atoms with van der Waals surface area (Å²) in [5.74, 6) is 0.0262. The smallest absolute Gasteiger partial charge is 0.336 e. The lowest BCUT2D eigenvalue weighted by molar-refractivity contribution is -0.122. The third-order valence-corrected chi connectivity index (χ3v) is 5.85. The van der Waals surface area contributed by atoms with Crippen LogP contribution in [-0.4, -0.2) is 15.0 Å². The van der Waals surface area contributed by atoms with E-state index in [0.29, 0.717) is 22.5 Å². The van der Waals surface area contributed by atoms with Gasteiger partial charge in [-0.2, -0.15) is 0 Å². The second-order valence-corrected chi connectivity index (χ2v) is 8.47. The number of carbonyl (C=O) groups is 1. The van der Waals surface area contributed by atoms with E-state index >= 15 is 0 Å². The first-order chi connectivity index (χ1) is 15.9. The molecule has 1 heterocycles. The molecule has 0 bridgehead atoms. The fourth-order valence-electron chi connectivity index (χ4n) is 3.97. The topological polar surface area (TPSA) is 73.1 Å². The Labute approximate surface area is 192 Å². The van der Waals surface area contributed by atoms with E-state index in [1.807, 2.05) is 49.4 Å². The van der Waals surface area contributed by atoms with Gasteiger partial charge in [0.1, 0.15) is 6.54 Å². The molecule has 0 spiro atoms. The molecule has 0 saturated carbocycles. The first-order valence-electron chi connectivity index (χ1n) is 11.1. The number of amides is 1. The maximum Gasteiger partial charge on any atom is 0.336 e. The molecule has 0 aliphatic heterocycles. The first-order valence-corrected chi connectivity index (χ1v) is 11.1. The molecule has 3 aromatic carbocycles. The number of fused-ring (bicyclic) bond motifs is 1. The van der Waals surface area contributed by atoms with Crippen molar-refractivity contribution < 1.29 is 4.79 Å². The SMILES string of the molecule is CC(C)c1ccc(-n2c(=O)c3ccccc3n(CC(=O)N[C@@H](C)c3ccccc3)c2=O)cc1. The van der Waals surface area contributed by atoms with Crippen LogP contribution < -0.4 is 16.6 Å². The van der Waals surface area contributed by atoms with Crippen LogP contribution in [0.25, 0.3) is 16.6 Å². The van der Waals surface area contributed by atoms with Crippen molar-refractivity contribution >= 4 is 16.8 Å². The van der Waals surface area contributed by atoms with Crippen LogP contribution in [-0.2, 0) is 11.3 Å². The Morgan fingerprint density at radius 2 is 1.45 bits per heavy atom. The van der Waals surface area contributed by atoms with Crippen molar-refractivity contribution in [2.45, 2.75) is 39.3 Å². The Morgan fingerprint density at radius 1 is 0.818 bits per heavy atom. The molecular weight excluding hydrogens is 414 g/mol. The van der Waals surface area contributed by atoms with Gasteiger partial charge in [0.05, 0.1) is 22.6 Å². The molecule has 1 N–H and O–H groups in total. The average Bonchev–Trinajstić information content (AvgIpc) is 2.82. The number of nitrogens with one attached hydrogen (secondary N) is 1. The van der Waals surface area contributed by atoms with Gasteiger partial charge in [0.25, 0.3) is 5.56 Å². The van der Waals surface area contributed by atoms with Crippen LogP contribution in [0.3, 0.4) is 0 Å². The van der Waals surface area contributed by atoms with Crippen molar-refractivity contribution in [2.24, 2.45) is 0 Å². The summed E-state index contributed by atoms with van der Waals surface area (Å²) < 4.78 is 2.50. The number of carbonyl (C=O) groups excluding carboxylic acids is 1. The zero-order chi connectivity index (χ0) is 23.5. The van der Waals surface area contributed by atoms with E-state index in [-0.39, 0.29) is 18.5 Å². The molecule has 0 saturated heterocycles. The van der Waals surface area contributed by atoms with Crippen molar-refractivity contribution in [3.63, 3.8) is 0 Å². The molecule has 1 atom stereocenters. The lowest BCUT2D eigenvalue weighted by Crippen LogP contribution is -2.42. The Hall–Kier alpha value is -3.93. The Morgan fingerprint density at radius 3 is 2.12 bits per heavy atom. The molecular formula is C27H27N3O3. The highest BCUT2D eigenvalue weighted by atomic mass is 16.2. The number of nitrogens with zero attached hydrogens (tertiary/aromatic N) is 2. The molecule has 0 aliphatic carbocycles. The zero-order valence-electron chi connectivity index (χ0n) is 19.0. The summed E-state index contributed by atoms with van der Waals surface area (Å²) in [5, 5.41) is 3.33. The molecule has 6 nitrogen and oxygen atoms in total. The normalized spacial score (nSPS) is 12.1. The van der Waals surface area contributed by atoms with Gasteiger partial charge in [-0.1, -0.05) is 68.4 Å². The first kappa shape index (κ1) is 22.3. The van der Waals surface area contributed by atoms with Crippen molar-refractivity contribution in [1.82, 2.24) is 14.5 Å². The highest BCUT2D eigenvalue weighted by molar-refractivity contribution is 5.82. The van der Waals surface area contributed by atoms with E-state index in [4.69, 9.17) is 0 Å². The third kappa shape index (κ3) is 4.51. The van der Waals surface area contributed by atoms with Gasteiger partial charge in [-0.25, -0.2) is 9.36 Å². The molecule has 0 radical (unpaired) electrons. The van der Waals surface area contributed by atoms with Crippen LogP contribution in [0, 0.1) is 0 Å². The number of hydrogen-bond donors (Lipinski definition) is 1. The molecule has 0 aliphatic rings. The van der Waals surface area contributed by atoms with Crippen molar-refractivity contribution in [2.75, 3.05) is 0 Å². The van der Waals surface area contributed by atoms with Gasteiger partial charge in [-0.05, 0) is 48.2 Å². The quantitative estimate of drug-likeness (QED) is 0.488. The van der Waals surface area contributed by atoms with Crippen LogP contribution in [0.2, 0.25) is 0 Å². The summed E-state index contributed by atoms with van der Waals surface area (Å²) in [6.45, 7) is 5.87. The number of aromatic nitrogens is 2. The Kier molecular flexibility index (Phi) is 6.27. The van der Waals surface area contributed by atoms with E-state index in [9.17, 15) is 14.4 Å². The predicted molar refractivity (Wildman–Crippen MR) is 131 cm³/mol. The zero-order valence-corrected chi connectivity index (χ0v) is 19.0. The highest BCUT2D eigenvalue weighted by Gasteiger charge is 2.17. The van der Waals surface area contributed by atoms with E-state index in [1.165, 1.54) is 4.57 Å². The number of benzene rings is 3. The van der Waals surface area contributed by atoms with Crippen molar-refractivity contribution in [3.8, 4) is 5.69 Å². The summed E-state index contributed by atoms with van der Waals surface area (Å²) in [7, 11) is 0. The summed E-state index contributed by atoms with van der Waals surface area (Å²) in [4.78, 5) is 39.6. The molecule has 4 rings (SSSR count). The van der Waals surface area contributed by atoms with Gasteiger partial charge >= 0.3 is 5.69 Å². The van der Waals surface area contributed by atoms with Crippen LogP contribution in [0.1, 0.15) is 43.9 Å². The molecule has 1 aromatic heterocycles. The monoisotopic (exact) mass is 441 g/mol. The minimum absolute atomic E-state index is 0.194. The predicted octanol–water partition coefficient (Wildman–Crippen LogP) is 4.15. The van der Waals surface area contributed by atoms with Crippen molar-refractivity contribution in [3.05, 3.63) is 111 Å². The maximum absolute atomic E-state index is 13.5. The second kappa shape index (κ2) is 9.28. The number of para-hydroxylation sites is 1. The standard InChI is InChI=1S/C27H27N3O3/c1-18(2)20-13-15-22(16-14-20)30-26(32)23-11-7-8-12-24(23)29(27(30)33)17-25(31)28-19(3)21-9-5-4-6-10-21/h4-16,18-19H,17H2,1-3H3,(H,28,31)/t19-/m0/s1. The van der Waals surface area contributed by atoms with Gasteiger partial charge in [0.15, 0.2) is 0 Å². The molecule has 6 heteroatoms. The van der Waals surface area contributed by atoms with Crippen molar-refractivity contribution in [1.29, 1.82) is 0 Å². The highest BCUT2D eigenvalue weighted by Crippen LogP contribution is 2.17. The fourth-order valence-corrected chi connectivity index (χ4v) is 3.97. The van der Waals surface area contributed by atoms with E-state index < -0.39 is 11.2 Å². The number of hydrogen-bond acceptors (Lipinski definition) is 3. The van der Waals surface area contributed by atoms with Gasteiger partial charge < -0.3 is 5.32 Å². The van der Waals surface area contributed by atoms with Crippen LogP contribution in [0.15, 0.2) is 88.5 Å². The van der Waals surface area contributed by atoms with E-state index in [1.54, 1.807) is 36.4 Å². The van der Waals surface area contributed by atoms with Crippen LogP contribution in [0.4, 0.5) is 0 Å². The summed E-state index contributed by atoms with van der Waals surface area (Å²) in [5.41, 5.74) is 2.05. The average molecular weight is 442 g/mol. The summed E-state index contributed by atoms with van der Waals surface area (Å²) >= 11 is 0. The molecule has 4 aromatic rings. The largest absolute Gasteiger partial charge is 0.348 e. The summed E-state index contributed by atoms with van der Waals surface area (Å²) in [6, 6.07) is 23.7. The third-order valence-electron chi connectivity index (χ3n) is 5.85.